The van der Waals surface area contributed by atoms with Gasteiger partial charge in [-0.2, -0.15) is 0 Å². The van der Waals surface area contributed by atoms with Gasteiger partial charge in [0.2, 0.25) is 0 Å². The summed E-state index contributed by atoms with van der Waals surface area (Å²) < 4.78 is 26.7. The Kier molecular flexibility index (Phi) is 4.29. The van der Waals surface area contributed by atoms with Crippen LogP contribution in [0.4, 0.5) is 20.2 Å². The molecule has 0 aliphatic carbocycles. The highest BCUT2D eigenvalue weighted by molar-refractivity contribution is 7.80. The van der Waals surface area contributed by atoms with Crippen LogP contribution in [0.5, 0.6) is 0 Å². The number of rotatable bonds is 4. The summed E-state index contributed by atoms with van der Waals surface area (Å²) in [4.78, 5) is 1.94. The molecule has 2 N–H and O–H groups in total. The van der Waals surface area contributed by atoms with Gasteiger partial charge in [-0.3, -0.25) is 0 Å². The van der Waals surface area contributed by atoms with Crippen LogP contribution in [0.3, 0.4) is 0 Å². The molecule has 0 aliphatic heterocycles. The van der Waals surface area contributed by atoms with Crippen LogP contribution in [0, 0.1) is 11.6 Å². The zero-order valence-electron chi connectivity index (χ0n) is 10.9. The molecule has 0 atom stereocenters. The minimum absolute atomic E-state index is 0.106. The van der Waals surface area contributed by atoms with E-state index in [1.54, 1.807) is 18.2 Å². The molecule has 20 heavy (non-hydrogen) atoms. The summed E-state index contributed by atoms with van der Waals surface area (Å²) in [7, 11) is 0. The van der Waals surface area contributed by atoms with E-state index in [0.717, 1.165) is 0 Å². The van der Waals surface area contributed by atoms with Crippen LogP contribution in [0.1, 0.15) is 12.5 Å². The van der Waals surface area contributed by atoms with Crippen LogP contribution < -0.4 is 10.6 Å². The van der Waals surface area contributed by atoms with Crippen LogP contribution in [0.2, 0.25) is 0 Å². The fraction of sp³-hybridized carbons (Fsp3) is 0.133. The van der Waals surface area contributed by atoms with Gasteiger partial charge < -0.3 is 10.6 Å². The lowest BCUT2D eigenvalue weighted by atomic mass is 10.1. The Morgan fingerprint density at radius 2 is 1.85 bits per heavy atom. The first-order valence-corrected chi connectivity index (χ1v) is 6.56. The van der Waals surface area contributed by atoms with E-state index in [1.165, 1.54) is 24.3 Å². The van der Waals surface area contributed by atoms with Crippen LogP contribution in [0.15, 0.2) is 42.5 Å². The second-order valence-corrected chi connectivity index (χ2v) is 4.69. The largest absolute Gasteiger partial charge is 0.389 e. The minimum atomic E-state index is -0.410. The van der Waals surface area contributed by atoms with Crippen molar-refractivity contribution in [3.8, 4) is 0 Å². The molecule has 2 aromatic carbocycles. The van der Waals surface area contributed by atoms with Crippen molar-refractivity contribution >= 4 is 28.6 Å². The zero-order chi connectivity index (χ0) is 14.7. The molecule has 0 spiro atoms. The summed E-state index contributed by atoms with van der Waals surface area (Å²) in [5.41, 5.74) is 7.41. The van der Waals surface area contributed by atoms with E-state index >= 15 is 0 Å². The summed E-state index contributed by atoms with van der Waals surface area (Å²) in [6, 6.07) is 10.4. The van der Waals surface area contributed by atoms with Crippen molar-refractivity contribution in [1.29, 1.82) is 0 Å². The zero-order valence-corrected chi connectivity index (χ0v) is 11.8. The average molecular weight is 292 g/mol. The van der Waals surface area contributed by atoms with Gasteiger partial charge in [0.05, 0.1) is 5.69 Å². The Hall–Kier alpha value is -2.01. The molecule has 0 aromatic heterocycles. The first-order valence-electron chi connectivity index (χ1n) is 6.15. The quantitative estimate of drug-likeness (QED) is 0.870. The normalized spacial score (nSPS) is 10.3. The topological polar surface area (TPSA) is 29.3 Å². The Labute approximate surface area is 121 Å². The van der Waals surface area contributed by atoms with E-state index < -0.39 is 5.82 Å². The van der Waals surface area contributed by atoms with E-state index in [0.29, 0.717) is 23.5 Å². The van der Waals surface area contributed by atoms with Gasteiger partial charge in [0.25, 0.3) is 0 Å². The number of hydrogen-bond donors (Lipinski definition) is 1. The van der Waals surface area contributed by atoms with Crippen molar-refractivity contribution in [1.82, 2.24) is 0 Å². The molecule has 0 radical (unpaired) electrons. The van der Waals surface area contributed by atoms with E-state index in [4.69, 9.17) is 18.0 Å². The van der Waals surface area contributed by atoms with Crippen molar-refractivity contribution in [2.24, 2.45) is 5.73 Å². The number of nitrogens with zero attached hydrogens (tertiary/aromatic N) is 1. The molecule has 2 nitrogen and oxygen atoms in total. The predicted molar refractivity (Wildman–Crippen MR) is 81.4 cm³/mol. The molecule has 0 unspecified atom stereocenters. The lowest BCUT2D eigenvalue weighted by Crippen LogP contribution is -2.21. The van der Waals surface area contributed by atoms with Crippen molar-refractivity contribution in [2.75, 3.05) is 11.4 Å². The molecule has 0 heterocycles. The van der Waals surface area contributed by atoms with Gasteiger partial charge in [0, 0.05) is 17.8 Å². The summed E-state index contributed by atoms with van der Waals surface area (Å²) >= 11 is 4.96. The maximum Gasteiger partial charge on any atom is 0.125 e. The van der Waals surface area contributed by atoms with Crippen LogP contribution in [-0.2, 0) is 0 Å². The van der Waals surface area contributed by atoms with Gasteiger partial charge in [0.15, 0.2) is 0 Å². The molecular weight excluding hydrogens is 278 g/mol. The van der Waals surface area contributed by atoms with Crippen molar-refractivity contribution in [3.63, 3.8) is 0 Å². The molecule has 0 fully saturated rings. The SMILES string of the molecule is CCN(c1cccc(F)c1)c1ccc(F)cc1C(N)=S. The molecule has 2 aromatic rings. The van der Waals surface area contributed by atoms with Crippen molar-refractivity contribution in [2.45, 2.75) is 6.92 Å². The van der Waals surface area contributed by atoms with Gasteiger partial charge in [-0.1, -0.05) is 18.3 Å². The molecular formula is C15H14F2N2S. The maximum atomic E-state index is 13.4. The Morgan fingerprint density at radius 1 is 1.15 bits per heavy atom. The van der Waals surface area contributed by atoms with Crippen molar-refractivity contribution in [3.05, 3.63) is 59.7 Å². The smallest absolute Gasteiger partial charge is 0.125 e. The standard InChI is InChI=1S/C15H14F2N2S/c1-2-19(12-5-3-4-10(16)8-12)14-7-6-11(17)9-13(14)15(18)20/h3-9H,2H2,1H3,(H2,18,20). The van der Waals surface area contributed by atoms with Crippen LogP contribution in [0.25, 0.3) is 0 Å². The lowest BCUT2D eigenvalue weighted by Gasteiger charge is -2.25. The molecule has 104 valence electrons. The van der Waals surface area contributed by atoms with Gasteiger partial charge in [-0.05, 0) is 43.3 Å². The third-order valence-corrected chi connectivity index (χ3v) is 3.17. The Bertz CT molecular complexity index is 644. The summed E-state index contributed by atoms with van der Waals surface area (Å²) in [5.74, 6) is -0.744. The summed E-state index contributed by atoms with van der Waals surface area (Å²) in [5, 5.41) is 0. The first kappa shape index (κ1) is 14.4. The average Bonchev–Trinajstić information content (AvgIpc) is 2.41. The monoisotopic (exact) mass is 292 g/mol. The van der Waals surface area contributed by atoms with Gasteiger partial charge >= 0.3 is 0 Å². The van der Waals surface area contributed by atoms with Gasteiger partial charge in [-0.25, -0.2) is 8.78 Å². The van der Waals surface area contributed by atoms with E-state index in [2.05, 4.69) is 0 Å². The Balaban J connectivity index is 2.55. The second-order valence-electron chi connectivity index (χ2n) is 4.25. The fourth-order valence-corrected chi connectivity index (χ4v) is 2.24. The third-order valence-electron chi connectivity index (χ3n) is 2.95. The third kappa shape index (κ3) is 2.93. The highest BCUT2D eigenvalue weighted by Gasteiger charge is 2.14. The highest BCUT2D eigenvalue weighted by Crippen LogP contribution is 2.29. The highest BCUT2D eigenvalue weighted by atomic mass is 32.1. The number of hydrogen-bond acceptors (Lipinski definition) is 2. The Morgan fingerprint density at radius 3 is 2.45 bits per heavy atom. The van der Waals surface area contributed by atoms with E-state index in [9.17, 15) is 8.78 Å². The number of nitrogens with two attached hydrogens (primary N) is 1. The summed E-state index contributed by atoms with van der Waals surface area (Å²) in [6.45, 7) is 2.49. The molecule has 0 saturated carbocycles. The second kappa shape index (κ2) is 5.96. The first-order chi connectivity index (χ1) is 9.52. The predicted octanol–water partition coefficient (Wildman–Crippen LogP) is 3.76. The number of anilines is 2. The molecule has 5 heteroatoms. The molecule has 0 amide bonds. The van der Waals surface area contributed by atoms with Gasteiger partial charge in [0.1, 0.15) is 16.6 Å². The van der Waals surface area contributed by atoms with Gasteiger partial charge in [-0.15, -0.1) is 0 Å². The molecule has 0 aliphatic rings. The number of thiocarbonyl (C=S) groups is 1. The lowest BCUT2D eigenvalue weighted by molar-refractivity contribution is 0.626. The minimum Gasteiger partial charge on any atom is -0.389 e. The molecule has 0 bridgehead atoms. The van der Waals surface area contributed by atoms with Crippen molar-refractivity contribution < 1.29 is 8.78 Å². The van der Waals surface area contributed by atoms with Crippen LogP contribution >= 0.6 is 12.2 Å². The van der Waals surface area contributed by atoms with E-state index in [1.807, 2.05) is 11.8 Å². The summed E-state index contributed by atoms with van der Waals surface area (Å²) in [6.07, 6.45) is 0. The molecule has 2 rings (SSSR count). The maximum absolute atomic E-state index is 13.4. The van der Waals surface area contributed by atoms with E-state index in [-0.39, 0.29) is 10.8 Å². The molecule has 0 saturated heterocycles. The van der Waals surface area contributed by atoms with Crippen LogP contribution in [-0.4, -0.2) is 11.5 Å². The number of benzene rings is 2. The number of halogens is 2. The fourth-order valence-electron chi connectivity index (χ4n) is 2.08.